The molecule has 1 aromatic carbocycles. The van der Waals surface area contributed by atoms with Crippen molar-refractivity contribution in [2.24, 2.45) is 0 Å². The maximum atomic E-state index is 11.1. The number of carboxylic acid groups (broad SMARTS) is 1. The number of halogens is 1. The van der Waals surface area contributed by atoms with E-state index in [1.807, 2.05) is 18.2 Å². The van der Waals surface area contributed by atoms with Gasteiger partial charge in [0.25, 0.3) is 0 Å². The lowest BCUT2D eigenvalue weighted by molar-refractivity contribution is -0.139. The Bertz CT molecular complexity index is 423. The number of nitrogens with one attached hydrogen (secondary N) is 1. The van der Waals surface area contributed by atoms with Crippen molar-refractivity contribution in [3.63, 3.8) is 0 Å². The van der Waals surface area contributed by atoms with Gasteiger partial charge in [-0.1, -0.05) is 25.8 Å². The van der Waals surface area contributed by atoms with E-state index in [1.54, 1.807) is 7.11 Å². The van der Waals surface area contributed by atoms with E-state index in [4.69, 9.17) is 9.84 Å². The Hall–Kier alpha value is -1.07. The molecular weight excluding hydrogens is 310 g/mol. The second kappa shape index (κ2) is 8.17. The largest absolute Gasteiger partial charge is 0.496 e. The fourth-order valence-corrected chi connectivity index (χ4v) is 2.37. The van der Waals surface area contributed by atoms with Gasteiger partial charge in [-0.25, -0.2) is 0 Å². The summed E-state index contributed by atoms with van der Waals surface area (Å²) in [7, 11) is 1.61. The lowest BCUT2D eigenvalue weighted by Gasteiger charge is -2.14. The molecule has 0 radical (unpaired) electrons. The van der Waals surface area contributed by atoms with Gasteiger partial charge in [0.05, 0.1) is 11.6 Å². The van der Waals surface area contributed by atoms with E-state index < -0.39 is 12.0 Å². The van der Waals surface area contributed by atoms with Gasteiger partial charge in [-0.3, -0.25) is 4.79 Å². The van der Waals surface area contributed by atoms with Crippen LogP contribution in [-0.2, 0) is 11.3 Å². The zero-order valence-corrected chi connectivity index (χ0v) is 12.9. The van der Waals surface area contributed by atoms with E-state index in [0.717, 1.165) is 28.6 Å². The lowest BCUT2D eigenvalue weighted by atomic mass is 10.1. The third-order valence-corrected chi connectivity index (χ3v) is 3.53. The van der Waals surface area contributed by atoms with Crippen LogP contribution in [0.1, 0.15) is 31.7 Å². The number of hydrogen-bond acceptors (Lipinski definition) is 3. The molecule has 0 aliphatic rings. The Kier molecular flexibility index (Phi) is 6.87. The average Bonchev–Trinajstić information content (AvgIpc) is 2.38. The van der Waals surface area contributed by atoms with E-state index in [-0.39, 0.29) is 0 Å². The van der Waals surface area contributed by atoms with Crippen LogP contribution in [0.25, 0.3) is 0 Å². The highest BCUT2D eigenvalue weighted by Crippen LogP contribution is 2.25. The van der Waals surface area contributed by atoms with E-state index in [9.17, 15) is 4.79 Å². The van der Waals surface area contributed by atoms with Crippen LogP contribution in [-0.4, -0.2) is 24.2 Å². The Balaban J connectivity index is 2.58. The van der Waals surface area contributed by atoms with Crippen LogP contribution in [0.3, 0.4) is 0 Å². The highest BCUT2D eigenvalue weighted by Gasteiger charge is 2.15. The molecule has 1 rings (SSSR count). The van der Waals surface area contributed by atoms with Gasteiger partial charge in [0.15, 0.2) is 0 Å². The quantitative estimate of drug-likeness (QED) is 0.769. The van der Waals surface area contributed by atoms with Crippen molar-refractivity contribution in [3.8, 4) is 5.75 Å². The van der Waals surface area contributed by atoms with E-state index >= 15 is 0 Å². The molecule has 2 N–H and O–H groups in total. The maximum Gasteiger partial charge on any atom is 0.320 e. The molecule has 0 fully saturated rings. The minimum Gasteiger partial charge on any atom is -0.496 e. The summed E-state index contributed by atoms with van der Waals surface area (Å²) < 4.78 is 6.03. The molecule has 106 valence electrons. The molecule has 5 heteroatoms. The van der Waals surface area contributed by atoms with Gasteiger partial charge >= 0.3 is 5.97 Å². The maximum absolute atomic E-state index is 11.1. The first-order chi connectivity index (χ1) is 9.08. The summed E-state index contributed by atoms with van der Waals surface area (Å²) in [5.74, 6) is -0.0226. The molecule has 0 aliphatic heterocycles. The fraction of sp³-hybridized carbons (Fsp3) is 0.500. The fourth-order valence-electron chi connectivity index (χ4n) is 1.78. The minimum atomic E-state index is -0.791. The first-order valence-electron chi connectivity index (χ1n) is 6.37. The van der Waals surface area contributed by atoms with Gasteiger partial charge in [-0.05, 0) is 40.0 Å². The molecule has 0 bridgehead atoms. The second-order valence-corrected chi connectivity index (χ2v) is 5.24. The summed E-state index contributed by atoms with van der Waals surface area (Å²) in [4.78, 5) is 11.1. The number of hydrogen-bond donors (Lipinski definition) is 2. The highest BCUT2D eigenvalue weighted by molar-refractivity contribution is 9.10. The van der Waals surface area contributed by atoms with Crippen LogP contribution in [0.5, 0.6) is 5.75 Å². The number of benzene rings is 1. The van der Waals surface area contributed by atoms with Gasteiger partial charge < -0.3 is 15.2 Å². The van der Waals surface area contributed by atoms with Gasteiger partial charge in [-0.15, -0.1) is 0 Å². The lowest BCUT2D eigenvalue weighted by Crippen LogP contribution is -2.36. The zero-order valence-electron chi connectivity index (χ0n) is 11.3. The third-order valence-electron chi connectivity index (χ3n) is 2.91. The van der Waals surface area contributed by atoms with E-state index in [2.05, 4.69) is 28.2 Å². The monoisotopic (exact) mass is 329 g/mol. The number of rotatable bonds is 8. The van der Waals surface area contributed by atoms with Gasteiger partial charge in [-0.2, -0.15) is 0 Å². The van der Waals surface area contributed by atoms with Crippen molar-refractivity contribution in [1.82, 2.24) is 5.32 Å². The van der Waals surface area contributed by atoms with Crippen molar-refractivity contribution in [3.05, 3.63) is 28.2 Å². The predicted molar refractivity (Wildman–Crippen MR) is 78.5 cm³/mol. The molecule has 0 heterocycles. The predicted octanol–water partition coefficient (Wildman–Crippen LogP) is 3.19. The highest BCUT2D eigenvalue weighted by atomic mass is 79.9. The summed E-state index contributed by atoms with van der Waals surface area (Å²) >= 11 is 3.42. The molecule has 0 spiro atoms. The summed E-state index contributed by atoms with van der Waals surface area (Å²) in [6.07, 6.45) is 2.57. The molecule has 4 nitrogen and oxygen atoms in total. The average molecular weight is 330 g/mol. The van der Waals surface area contributed by atoms with Crippen molar-refractivity contribution >= 4 is 21.9 Å². The van der Waals surface area contributed by atoms with Crippen LogP contribution < -0.4 is 10.1 Å². The number of unbranched alkanes of at least 4 members (excludes halogenated alkanes) is 1. The Labute approximate surface area is 122 Å². The Morgan fingerprint density at radius 1 is 1.53 bits per heavy atom. The molecule has 1 atom stereocenters. The second-order valence-electron chi connectivity index (χ2n) is 4.38. The van der Waals surface area contributed by atoms with Gasteiger partial charge in [0.2, 0.25) is 0 Å². The summed E-state index contributed by atoms with van der Waals surface area (Å²) in [6, 6.07) is 5.24. The molecular formula is C14H20BrNO3. The van der Waals surface area contributed by atoms with Crippen molar-refractivity contribution in [2.45, 2.75) is 38.8 Å². The smallest absolute Gasteiger partial charge is 0.320 e. The molecule has 1 unspecified atom stereocenters. The third kappa shape index (κ3) is 5.20. The van der Waals surface area contributed by atoms with Crippen LogP contribution in [0.2, 0.25) is 0 Å². The summed E-state index contributed by atoms with van der Waals surface area (Å²) in [5.41, 5.74) is 1.02. The molecule has 19 heavy (non-hydrogen) atoms. The normalized spacial score (nSPS) is 12.2. The molecule has 0 amide bonds. The van der Waals surface area contributed by atoms with Crippen LogP contribution in [0.15, 0.2) is 22.7 Å². The Morgan fingerprint density at radius 2 is 2.26 bits per heavy atom. The zero-order chi connectivity index (χ0) is 14.3. The molecule has 0 saturated carbocycles. The van der Waals surface area contributed by atoms with Gasteiger partial charge in [0.1, 0.15) is 11.8 Å². The number of carbonyl (C=O) groups is 1. The first-order valence-corrected chi connectivity index (χ1v) is 7.16. The summed E-state index contributed by atoms with van der Waals surface area (Å²) in [6.45, 7) is 2.59. The minimum absolute atomic E-state index is 0.485. The van der Waals surface area contributed by atoms with Crippen LogP contribution in [0, 0.1) is 0 Å². The van der Waals surface area contributed by atoms with E-state index in [1.165, 1.54) is 0 Å². The number of carboxylic acids is 1. The molecule has 1 aromatic rings. The van der Waals surface area contributed by atoms with Crippen molar-refractivity contribution in [2.75, 3.05) is 7.11 Å². The van der Waals surface area contributed by atoms with Crippen LogP contribution >= 0.6 is 15.9 Å². The molecule has 0 saturated heterocycles. The molecule has 0 aromatic heterocycles. The Morgan fingerprint density at radius 3 is 2.79 bits per heavy atom. The topological polar surface area (TPSA) is 58.6 Å². The van der Waals surface area contributed by atoms with E-state index in [0.29, 0.717) is 13.0 Å². The van der Waals surface area contributed by atoms with Crippen LogP contribution in [0.4, 0.5) is 0 Å². The van der Waals surface area contributed by atoms with Crippen molar-refractivity contribution in [1.29, 1.82) is 0 Å². The number of methoxy groups -OCH3 is 1. The first kappa shape index (κ1) is 16.0. The standard InChI is InChI=1S/C14H20BrNO3/c1-3-4-5-12(14(17)18)16-9-10-6-7-13(19-2)11(15)8-10/h6-8,12,16H,3-5,9H2,1-2H3,(H,17,18). The van der Waals surface area contributed by atoms with Gasteiger partial charge in [0, 0.05) is 6.54 Å². The number of ether oxygens (including phenoxy) is 1. The number of aliphatic carboxylic acids is 1. The SMILES string of the molecule is CCCCC(NCc1ccc(OC)c(Br)c1)C(=O)O. The molecule has 0 aliphatic carbocycles. The summed E-state index contributed by atoms with van der Waals surface area (Å²) in [5, 5.41) is 12.2. The van der Waals surface area contributed by atoms with Crippen molar-refractivity contribution < 1.29 is 14.6 Å².